The van der Waals surface area contributed by atoms with E-state index in [2.05, 4.69) is 12.2 Å². The van der Waals surface area contributed by atoms with Gasteiger partial charge in [-0.15, -0.1) is 0 Å². The third-order valence-corrected chi connectivity index (χ3v) is 7.94. The summed E-state index contributed by atoms with van der Waals surface area (Å²) in [4.78, 5) is 13.5. The fraction of sp³-hybridized carbons (Fsp3) is 0.269. The Morgan fingerprint density at radius 3 is 1.84 bits per heavy atom. The molecule has 3 aromatic carbocycles. The van der Waals surface area contributed by atoms with Gasteiger partial charge in [-0.25, -0.2) is 8.42 Å². The molecule has 1 heterocycles. The van der Waals surface area contributed by atoms with Gasteiger partial charge in [0, 0.05) is 18.8 Å². The quantitative estimate of drug-likeness (QED) is 0.585. The maximum absolute atomic E-state index is 13.2. The van der Waals surface area contributed by atoms with Crippen LogP contribution < -0.4 is 5.32 Å². The number of nitrogens with zero attached hydrogens (tertiary/aromatic N) is 1. The van der Waals surface area contributed by atoms with Crippen molar-refractivity contribution in [3.8, 4) is 0 Å². The molecule has 166 valence electrons. The first-order valence-electron chi connectivity index (χ1n) is 11.0. The Morgan fingerprint density at radius 1 is 0.844 bits per heavy atom. The van der Waals surface area contributed by atoms with Crippen molar-refractivity contribution in [2.45, 2.75) is 30.6 Å². The lowest BCUT2D eigenvalue weighted by molar-refractivity contribution is -0.116. The lowest BCUT2D eigenvalue weighted by Crippen LogP contribution is -2.37. The Morgan fingerprint density at radius 2 is 1.34 bits per heavy atom. The number of anilines is 1. The molecule has 1 aliphatic heterocycles. The molecule has 0 spiro atoms. The minimum atomic E-state index is -3.51. The van der Waals surface area contributed by atoms with Crippen LogP contribution in [-0.2, 0) is 14.8 Å². The molecule has 6 heteroatoms. The number of rotatable bonds is 6. The zero-order chi connectivity index (χ0) is 22.6. The molecule has 0 aliphatic carbocycles. The topological polar surface area (TPSA) is 66.5 Å². The van der Waals surface area contributed by atoms with Crippen LogP contribution in [0.3, 0.4) is 0 Å². The monoisotopic (exact) mass is 448 g/mol. The number of benzene rings is 3. The highest BCUT2D eigenvalue weighted by molar-refractivity contribution is 7.89. The van der Waals surface area contributed by atoms with Gasteiger partial charge in [0.25, 0.3) is 0 Å². The molecular formula is C26H28N2O3S. The second-order valence-corrected chi connectivity index (χ2v) is 10.3. The highest BCUT2D eigenvalue weighted by atomic mass is 32.2. The molecule has 0 atom stereocenters. The van der Waals surface area contributed by atoms with Gasteiger partial charge in [0.2, 0.25) is 15.9 Å². The van der Waals surface area contributed by atoms with E-state index in [1.807, 2.05) is 60.7 Å². The second kappa shape index (κ2) is 9.67. The van der Waals surface area contributed by atoms with E-state index in [-0.39, 0.29) is 10.8 Å². The minimum Gasteiger partial charge on any atom is -0.325 e. The van der Waals surface area contributed by atoms with Crippen LogP contribution in [0, 0.1) is 5.92 Å². The predicted octanol–water partition coefficient (Wildman–Crippen LogP) is 4.88. The van der Waals surface area contributed by atoms with E-state index in [1.54, 1.807) is 28.6 Å². The summed E-state index contributed by atoms with van der Waals surface area (Å²) in [7, 11) is -3.51. The van der Waals surface area contributed by atoms with E-state index >= 15 is 0 Å². The highest BCUT2D eigenvalue weighted by Gasteiger charge is 2.28. The molecule has 1 aliphatic rings. The van der Waals surface area contributed by atoms with Gasteiger partial charge in [0.05, 0.1) is 10.8 Å². The van der Waals surface area contributed by atoms with Gasteiger partial charge < -0.3 is 5.32 Å². The number of hydrogen-bond acceptors (Lipinski definition) is 3. The van der Waals surface area contributed by atoms with Crippen LogP contribution >= 0.6 is 0 Å². The molecule has 4 rings (SSSR count). The zero-order valence-electron chi connectivity index (χ0n) is 18.1. The van der Waals surface area contributed by atoms with E-state index < -0.39 is 15.9 Å². The van der Waals surface area contributed by atoms with Gasteiger partial charge in [-0.1, -0.05) is 67.6 Å². The number of amides is 1. The fourth-order valence-electron chi connectivity index (χ4n) is 4.09. The maximum atomic E-state index is 13.2. The largest absolute Gasteiger partial charge is 0.325 e. The van der Waals surface area contributed by atoms with E-state index in [0.717, 1.165) is 24.0 Å². The molecule has 0 bridgehead atoms. The Kier molecular flexibility index (Phi) is 6.72. The van der Waals surface area contributed by atoms with E-state index in [0.29, 0.717) is 24.7 Å². The van der Waals surface area contributed by atoms with E-state index in [4.69, 9.17) is 0 Å². The third-order valence-electron chi connectivity index (χ3n) is 6.03. The normalized spacial score (nSPS) is 15.6. The van der Waals surface area contributed by atoms with Gasteiger partial charge in [-0.3, -0.25) is 4.79 Å². The molecule has 32 heavy (non-hydrogen) atoms. The van der Waals surface area contributed by atoms with Crippen LogP contribution in [0.5, 0.6) is 0 Å². The van der Waals surface area contributed by atoms with Crippen molar-refractivity contribution < 1.29 is 13.2 Å². The van der Waals surface area contributed by atoms with Crippen molar-refractivity contribution in [3.63, 3.8) is 0 Å². The summed E-state index contributed by atoms with van der Waals surface area (Å²) in [5.74, 6) is -0.0691. The Labute approximate surface area is 190 Å². The third kappa shape index (κ3) is 4.92. The maximum Gasteiger partial charge on any atom is 0.243 e. The first-order chi connectivity index (χ1) is 15.4. The Balaban J connectivity index is 1.52. The molecule has 0 aromatic heterocycles. The summed E-state index contributed by atoms with van der Waals surface area (Å²) >= 11 is 0. The molecule has 5 nitrogen and oxygen atoms in total. The van der Waals surface area contributed by atoms with Crippen molar-refractivity contribution in [2.75, 3.05) is 18.4 Å². The number of sulfonamides is 1. The lowest BCUT2D eigenvalue weighted by Gasteiger charge is -2.29. The van der Waals surface area contributed by atoms with Crippen LogP contribution in [0.25, 0.3) is 0 Å². The summed E-state index contributed by atoms with van der Waals surface area (Å²) in [6.07, 6.45) is 1.77. The molecule has 0 unspecified atom stereocenters. The average Bonchev–Trinajstić information content (AvgIpc) is 2.81. The van der Waals surface area contributed by atoms with Crippen molar-refractivity contribution in [3.05, 3.63) is 96.1 Å². The fourth-order valence-corrected chi connectivity index (χ4v) is 5.55. The first kappa shape index (κ1) is 22.2. The minimum absolute atomic E-state index is 0.164. The predicted molar refractivity (Wildman–Crippen MR) is 127 cm³/mol. The molecule has 3 aromatic rings. The first-order valence-corrected chi connectivity index (χ1v) is 12.4. The molecule has 1 amide bonds. The second-order valence-electron chi connectivity index (χ2n) is 8.35. The number of carbonyl (C=O) groups is 1. The van der Waals surface area contributed by atoms with Crippen LogP contribution in [0.15, 0.2) is 89.8 Å². The Hall–Kier alpha value is -2.96. The van der Waals surface area contributed by atoms with Crippen molar-refractivity contribution in [1.29, 1.82) is 0 Å². The van der Waals surface area contributed by atoms with Crippen LogP contribution in [0.1, 0.15) is 36.8 Å². The van der Waals surface area contributed by atoms with Gasteiger partial charge in [-0.05, 0) is 54.2 Å². The highest BCUT2D eigenvalue weighted by Crippen LogP contribution is 2.28. The SMILES string of the molecule is CC1CCN(S(=O)(=O)c2ccc(NC(=O)C(c3ccccc3)c3ccccc3)cc2)CC1. The van der Waals surface area contributed by atoms with Crippen LogP contribution in [-0.4, -0.2) is 31.7 Å². The van der Waals surface area contributed by atoms with Gasteiger partial charge in [0.15, 0.2) is 0 Å². The molecule has 1 fully saturated rings. The summed E-state index contributed by atoms with van der Waals surface area (Å²) in [6.45, 7) is 3.26. The average molecular weight is 449 g/mol. The van der Waals surface area contributed by atoms with Crippen molar-refractivity contribution >= 4 is 21.6 Å². The Bertz CT molecular complexity index is 1100. The van der Waals surface area contributed by atoms with Crippen molar-refractivity contribution in [2.24, 2.45) is 5.92 Å². The summed E-state index contributed by atoms with van der Waals surface area (Å²) in [5, 5.41) is 2.96. The smallest absolute Gasteiger partial charge is 0.243 e. The number of nitrogens with one attached hydrogen (secondary N) is 1. The van der Waals surface area contributed by atoms with Gasteiger partial charge in [-0.2, -0.15) is 4.31 Å². The summed E-state index contributed by atoms with van der Waals surface area (Å²) < 4.78 is 27.4. The number of hydrogen-bond donors (Lipinski definition) is 1. The van der Waals surface area contributed by atoms with Crippen LogP contribution in [0.2, 0.25) is 0 Å². The van der Waals surface area contributed by atoms with E-state index in [1.165, 1.54) is 0 Å². The van der Waals surface area contributed by atoms with Crippen molar-refractivity contribution in [1.82, 2.24) is 4.31 Å². The standard InChI is InChI=1S/C26H28N2O3S/c1-20-16-18-28(19-17-20)32(30,31)24-14-12-23(13-15-24)27-26(29)25(21-8-4-2-5-9-21)22-10-6-3-7-11-22/h2-15,20,25H,16-19H2,1H3,(H,27,29). The summed E-state index contributed by atoms with van der Waals surface area (Å²) in [5.41, 5.74) is 2.36. The van der Waals surface area contributed by atoms with Gasteiger partial charge >= 0.3 is 0 Å². The molecular weight excluding hydrogens is 420 g/mol. The zero-order valence-corrected chi connectivity index (χ0v) is 19.0. The molecule has 1 N–H and O–H groups in total. The summed E-state index contributed by atoms with van der Waals surface area (Å²) in [6, 6.07) is 25.7. The van der Waals surface area contributed by atoms with E-state index in [9.17, 15) is 13.2 Å². The molecule has 0 saturated carbocycles. The lowest BCUT2D eigenvalue weighted by atomic mass is 9.90. The number of carbonyl (C=O) groups excluding carboxylic acids is 1. The van der Waals surface area contributed by atoms with Gasteiger partial charge in [0.1, 0.15) is 0 Å². The van der Waals surface area contributed by atoms with Crippen LogP contribution in [0.4, 0.5) is 5.69 Å². The number of piperidine rings is 1. The molecule has 0 radical (unpaired) electrons. The molecule has 1 saturated heterocycles.